The third-order valence-corrected chi connectivity index (χ3v) is 6.44. The number of amides is 2. The smallest absolute Gasteiger partial charge is 0.406 e. The molecule has 3 aromatic rings. The first kappa shape index (κ1) is 28.1. The van der Waals surface area contributed by atoms with Gasteiger partial charge >= 0.3 is 12.4 Å². The maximum absolute atomic E-state index is 12.5. The first-order chi connectivity index (χ1) is 18.5. The number of thiocarbonyl (C=S) groups is 1. The summed E-state index contributed by atoms with van der Waals surface area (Å²) in [5.41, 5.74) is 3.63. The Balaban J connectivity index is 1.25. The lowest BCUT2D eigenvalue weighted by Gasteiger charge is -2.31. The van der Waals surface area contributed by atoms with E-state index < -0.39 is 6.36 Å². The number of carbonyl (C=O) groups is 1. The Bertz CT molecular complexity index is 1300. The SMILES string of the molecule is Cc1ccc(C(C)C)c(NC(=S)NC(=O)NC2CCN(c3ncn(-c4ccc(OC(F)(F)F)cc4)n3)CC2)c1. The highest BCUT2D eigenvalue weighted by atomic mass is 32.1. The molecule has 2 amide bonds. The van der Waals surface area contributed by atoms with Gasteiger partial charge in [0.15, 0.2) is 5.11 Å². The van der Waals surface area contributed by atoms with Crippen LogP contribution in [-0.4, -0.2) is 51.4 Å². The molecule has 0 spiro atoms. The number of piperidine rings is 1. The van der Waals surface area contributed by atoms with Crippen molar-refractivity contribution in [2.75, 3.05) is 23.3 Å². The zero-order valence-corrected chi connectivity index (χ0v) is 22.6. The fourth-order valence-corrected chi connectivity index (χ4v) is 4.51. The molecule has 1 aliphatic heterocycles. The van der Waals surface area contributed by atoms with E-state index >= 15 is 0 Å². The molecule has 1 aliphatic rings. The third kappa shape index (κ3) is 7.82. The number of ether oxygens (including phenoxy) is 1. The van der Waals surface area contributed by atoms with Gasteiger partial charge in [-0.2, -0.15) is 4.98 Å². The summed E-state index contributed by atoms with van der Waals surface area (Å²) in [6.45, 7) is 7.44. The van der Waals surface area contributed by atoms with Crippen LogP contribution in [0, 0.1) is 6.92 Å². The molecule has 1 saturated heterocycles. The van der Waals surface area contributed by atoms with Crippen molar-refractivity contribution in [2.45, 2.75) is 51.9 Å². The second-order valence-electron chi connectivity index (χ2n) is 9.59. The molecule has 0 bridgehead atoms. The number of hydrogen-bond donors (Lipinski definition) is 3. The van der Waals surface area contributed by atoms with Gasteiger partial charge in [-0.3, -0.25) is 5.32 Å². The van der Waals surface area contributed by atoms with Gasteiger partial charge in [0.1, 0.15) is 12.1 Å². The van der Waals surface area contributed by atoms with Crippen LogP contribution in [0.4, 0.5) is 29.6 Å². The summed E-state index contributed by atoms with van der Waals surface area (Å²) >= 11 is 5.36. The van der Waals surface area contributed by atoms with Crippen molar-refractivity contribution in [3.05, 3.63) is 59.9 Å². The molecule has 0 aliphatic carbocycles. The first-order valence-corrected chi connectivity index (χ1v) is 12.9. The molecule has 2 aromatic carbocycles. The van der Waals surface area contributed by atoms with Crippen LogP contribution in [0.3, 0.4) is 0 Å². The topological polar surface area (TPSA) is 96.3 Å². The van der Waals surface area contributed by atoms with Gasteiger partial charge < -0.3 is 20.3 Å². The van der Waals surface area contributed by atoms with Gasteiger partial charge in [-0.15, -0.1) is 18.3 Å². The number of aromatic nitrogens is 3. The van der Waals surface area contributed by atoms with E-state index in [9.17, 15) is 18.0 Å². The highest BCUT2D eigenvalue weighted by Gasteiger charge is 2.31. The average Bonchev–Trinajstić information content (AvgIpc) is 3.34. The first-order valence-electron chi connectivity index (χ1n) is 12.5. The quantitative estimate of drug-likeness (QED) is 0.353. The molecule has 2 heterocycles. The van der Waals surface area contributed by atoms with E-state index in [1.165, 1.54) is 35.3 Å². The number of nitrogens with zero attached hydrogens (tertiary/aromatic N) is 4. The molecule has 0 saturated carbocycles. The summed E-state index contributed by atoms with van der Waals surface area (Å²) in [6.07, 6.45) is -1.88. The van der Waals surface area contributed by atoms with Crippen LogP contribution >= 0.6 is 12.2 Å². The molecule has 1 fully saturated rings. The zero-order valence-electron chi connectivity index (χ0n) is 21.7. The molecular weight excluding hydrogens is 531 g/mol. The van der Waals surface area contributed by atoms with E-state index in [1.54, 1.807) is 0 Å². The van der Waals surface area contributed by atoms with Crippen LogP contribution in [0.1, 0.15) is 43.7 Å². The van der Waals surface area contributed by atoms with Crippen molar-refractivity contribution < 1.29 is 22.7 Å². The van der Waals surface area contributed by atoms with E-state index in [2.05, 4.69) is 50.7 Å². The molecule has 0 unspecified atom stereocenters. The third-order valence-electron chi connectivity index (χ3n) is 6.23. The van der Waals surface area contributed by atoms with Gasteiger partial charge in [-0.1, -0.05) is 26.0 Å². The minimum atomic E-state index is -4.74. The number of hydrogen-bond acceptors (Lipinski definition) is 6. The lowest BCUT2D eigenvalue weighted by molar-refractivity contribution is -0.274. The van der Waals surface area contributed by atoms with Crippen molar-refractivity contribution in [1.82, 2.24) is 25.4 Å². The molecule has 0 atom stereocenters. The molecule has 39 heavy (non-hydrogen) atoms. The molecule has 0 radical (unpaired) electrons. The Morgan fingerprint density at radius 2 is 1.82 bits per heavy atom. The lowest BCUT2D eigenvalue weighted by atomic mass is 9.99. The summed E-state index contributed by atoms with van der Waals surface area (Å²) in [5, 5.41) is 13.5. The molecule has 13 heteroatoms. The molecule has 1 aromatic heterocycles. The van der Waals surface area contributed by atoms with Crippen molar-refractivity contribution in [1.29, 1.82) is 0 Å². The van der Waals surface area contributed by atoms with Crippen LogP contribution in [-0.2, 0) is 0 Å². The summed E-state index contributed by atoms with van der Waals surface area (Å²) in [5.74, 6) is 0.490. The predicted octanol–water partition coefficient (Wildman–Crippen LogP) is 5.26. The summed E-state index contributed by atoms with van der Waals surface area (Å²) in [4.78, 5) is 18.9. The van der Waals surface area contributed by atoms with Gasteiger partial charge in [0.2, 0.25) is 5.95 Å². The normalized spacial score (nSPS) is 14.3. The maximum Gasteiger partial charge on any atom is 0.573 e. The van der Waals surface area contributed by atoms with E-state index in [-0.39, 0.29) is 22.9 Å². The van der Waals surface area contributed by atoms with E-state index in [0.717, 1.165) is 16.8 Å². The largest absolute Gasteiger partial charge is 0.573 e. The van der Waals surface area contributed by atoms with Gasteiger partial charge in [-0.05, 0) is 79.4 Å². The molecule has 4 rings (SSSR count). The Kier molecular flexibility index (Phi) is 8.58. The van der Waals surface area contributed by atoms with Gasteiger partial charge in [-0.25, -0.2) is 9.48 Å². The number of anilines is 2. The van der Waals surface area contributed by atoms with Crippen LogP contribution in [0.2, 0.25) is 0 Å². The summed E-state index contributed by atoms with van der Waals surface area (Å²) in [6, 6.07) is 11.1. The number of urea groups is 1. The minimum absolute atomic E-state index is 0.0440. The van der Waals surface area contributed by atoms with Crippen molar-refractivity contribution in [3.63, 3.8) is 0 Å². The number of carbonyl (C=O) groups excluding carboxylic acids is 1. The highest BCUT2D eigenvalue weighted by molar-refractivity contribution is 7.80. The number of aryl methyl sites for hydroxylation is 1. The number of halogens is 3. The Hall–Kier alpha value is -3.87. The average molecular weight is 562 g/mol. The summed E-state index contributed by atoms with van der Waals surface area (Å²) < 4.78 is 42.5. The van der Waals surface area contributed by atoms with Gasteiger partial charge in [0.25, 0.3) is 0 Å². The maximum atomic E-state index is 12.5. The van der Waals surface area contributed by atoms with Crippen LogP contribution < -0.4 is 25.6 Å². The van der Waals surface area contributed by atoms with Crippen LogP contribution in [0.25, 0.3) is 5.69 Å². The number of alkyl halides is 3. The fraction of sp³-hybridized carbons (Fsp3) is 0.385. The number of nitrogens with one attached hydrogen (secondary N) is 3. The van der Waals surface area contributed by atoms with E-state index in [1.807, 2.05) is 24.0 Å². The predicted molar refractivity (Wildman–Crippen MR) is 146 cm³/mol. The van der Waals surface area contributed by atoms with Crippen molar-refractivity contribution in [2.24, 2.45) is 0 Å². The van der Waals surface area contributed by atoms with Crippen LogP contribution in [0.15, 0.2) is 48.8 Å². The lowest BCUT2D eigenvalue weighted by Crippen LogP contribution is -2.50. The van der Waals surface area contributed by atoms with Gasteiger partial charge in [0.05, 0.1) is 5.69 Å². The molecule has 3 N–H and O–H groups in total. The standard InChI is InChI=1S/C26H30F3N7O2S/c1-16(2)21-9-4-17(3)14-22(21)32-25(39)33-24(37)31-18-10-12-35(13-11-18)23-30-15-36(34-23)19-5-7-20(8-6-19)38-26(27,28)29/h4-9,14-16,18H,10-13H2,1-3H3,(H3,31,32,33,37,39). The fourth-order valence-electron chi connectivity index (χ4n) is 4.31. The van der Waals surface area contributed by atoms with Crippen molar-refractivity contribution in [3.8, 4) is 11.4 Å². The van der Waals surface area contributed by atoms with E-state index in [4.69, 9.17) is 12.2 Å². The second-order valence-corrected chi connectivity index (χ2v) is 10.00. The molecule has 9 nitrogen and oxygen atoms in total. The Labute approximate surface area is 229 Å². The Morgan fingerprint density at radius 1 is 1.13 bits per heavy atom. The van der Waals surface area contributed by atoms with Crippen LogP contribution in [0.5, 0.6) is 5.75 Å². The number of rotatable bonds is 6. The van der Waals surface area contributed by atoms with Gasteiger partial charge in [0, 0.05) is 24.8 Å². The molecule has 208 valence electrons. The zero-order chi connectivity index (χ0) is 28.2. The number of benzene rings is 2. The Morgan fingerprint density at radius 3 is 2.46 bits per heavy atom. The minimum Gasteiger partial charge on any atom is -0.406 e. The molecular formula is C26H30F3N7O2S. The van der Waals surface area contributed by atoms with Crippen molar-refractivity contribution >= 4 is 35.0 Å². The second kappa shape index (κ2) is 11.9. The monoisotopic (exact) mass is 561 g/mol. The van der Waals surface area contributed by atoms with E-state index in [0.29, 0.717) is 43.5 Å². The highest BCUT2D eigenvalue weighted by Crippen LogP contribution is 2.26. The summed E-state index contributed by atoms with van der Waals surface area (Å²) in [7, 11) is 0.